The summed E-state index contributed by atoms with van der Waals surface area (Å²) in [5, 5.41) is 15.7. The van der Waals surface area contributed by atoms with E-state index in [2.05, 4.69) is 53.8 Å². The standard InChI is InChI=1S/C39H62N2O7/c1-22(2)30(48-34(44)41-16-8-17-41)25-19-23(3)29-31(46-25)32(42)37(7)27-10-9-26-35(4,5)28(47-33(43)40-24-12-18-45-20-24)11-13-38(26)21-39(27,38)15-14-36(29,37)6/h22-32,42H,8-21H2,1-7H3,(H,40,43)/t23-,24?,25-,26+,27+,28+,29+,30-,31+,32+,36-,37-,38-,39+/m1/s1. The summed E-state index contributed by atoms with van der Waals surface area (Å²) >= 11 is 0. The van der Waals surface area contributed by atoms with Crippen molar-refractivity contribution in [2.45, 2.75) is 149 Å². The van der Waals surface area contributed by atoms with Gasteiger partial charge in [0.1, 0.15) is 12.2 Å². The van der Waals surface area contributed by atoms with Gasteiger partial charge in [0, 0.05) is 30.5 Å². The molecule has 0 aromatic rings. The molecular weight excluding hydrogens is 608 g/mol. The maximum atomic E-state index is 13.0. The fraction of sp³-hybridized carbons (Fsp3) is 0.949. The molecule has 9 heteroatoms. The Bertz CT molecular complexity index is 1300. The summed E-state index contributed by atoms with van der Waals surface area (Å²) in [6.07, 6.45) is 8.62. The lowest BCUT2D eigenvalue weighted by atomic mass is 9.41. The molecule has 5 aliphatic carbocycles. The number of carbonyl (C=O) groups excluding carboxylic acids is 2. The summed E-state index contributed by atoms with van der Waals surface area (Å²) in [6, 6.07) is 0.0510. The largest absolute Gasteiger partial charge is 0.446 e. The highest BCUT2D eigenvalue weighted by molar-refractivity contribution is 5.69. The number of likely N-dealkylation sites (tertiary alicyclic amines) is 1. The number of hydrogen-bond donors (Lipinski definition) is 2. The fourth-order valence-electron chi connectivity index (χ4n) is 14.0. The Kier molecular flexibility index (Phi) is 7.84. The molecule has 0 bridgehead atoms. The maximum Gasteiger partial charge on any atom is 0.410 e. The summed E-state index contributed by atoms with van der Waals surface area (Å²) < 4.78 is 24.8. The molecule has 270 valence electrons. The van der Waals surface area contributed by atoms with Gasteiger partial charge in [0.25, 0.3) is 0 Å². The average molecular weight is 671 g/mol. The van der Waals surface area contributed by atoms with Crippen LogP contribution in [0, 0.1) is 56.7 Å². The Morgan fingerprint density at radius 1 is 0.979 bits per heavy atom. The third-order valence-electron chi connectivity index (χ3n) is 16.6. The van der Waals surface area contributed by atoms with Crippen LogP contribution in [0.5, 0.6) is 0 Å². The quantitative estimate of drug-likeness (QED) is 0.342. The zero-order valence-electron chi connectivity index (χ0n) is 30.6. The molecule has 8 rings (SSSR count). The van der Waals surface area contributed by atoms with E-state index in [1.807, 2.05) is 0 Å². The molecule has 2 spiro atoms. The van der Waals surface area contributed by atoms with Crippen molar-refractivity contribution < 1.29 is 33.6 Å². The predicted molar refractivity (Wildman–Crippen MR) is 180 cm³/mol. The topological polar surface area (TPSA) is 107 Å². The highest BCUT2D eigenvalue weighted by Crippen LogP contribution is 2.89. The van der Waals surface area contributed by atoms with Gasteiger partial charge in [-0.1, -0.05) is 48.5 Å². The van der Waals surface area contributed by atoms with E-state index in [4.69, 9.17) is 18.9 Å². The van der Waals surface area contributed by atoms with E-state index < -0.39 is 6.10 Å². The zero-order valence-corrected chi connectivity index (χ0v) is 30.6. The molecule has 8 aliphatic rings. The van der Waals surface area contributed by atoms with Gasteiger partial charge in [-0.15, -0.1) is 0 Å². The Morgan fingerprint density at radius 2 is 1.71 bits per heavy atom. The Hall–Kier alpha value is -1.58. The van der Waals surface area contributed by atoms with Crippen LogP contribution in [0.15, 0.2) is 0 Å². The molecule has 9 nitrogen and oxygen atoms in total. The molecule has 14 atom stereocenters. The minimum atomic E-state index is -0.552. The number of amides is 2. The maximum absolute atomic E-state index is 13.0. The molecule has 0 radical (unpaired) electrons. The molecule has 1 unspecified atom stereocenters. The SMILES string of the molecule is CC(C)[C@@H](OC(=O)N1CCC1)[C@H]1C[C@@H](C)[C@H]2[C@H](O1)[C@H](O)[C@@]1(C)[C@@H]3CC[C@H]4C(C)(C)[C@@H](OC(=O)NC5CCOC5)CC[C@@]45C[C@@]35CC[C@]21C. The molecule has 8 fully saturated rings. The van der Waals surface area contributed by atoms with Gasteiger partial charge >= 0.3 is 12.2 Å². The van der Waals surface area contributed by atoms with E-state index in [0.717, 1.165) is 64.5 Å². The number of aliphatic hydroxyl groups is 1. The van der Waals surface area contributed by atoms with Gasteiger partial charge in [-0.25, -0.2) is 9.59 Å². The van der Waals surface area contributed by atoms with Crippen LogP contribution in [-0.4, -0.2) is 85.1 Å². The molecule has 0 aromatic heterocycles. The van der Waals surface area contributed by atoms with Crippen LogP contribution in [0.3, 0.4) is 0 Å². The average Bonchev–Trinajstić information content (AvgIpc) is 3.28. The summed E-state index contributed by atoms with van der Waals surface area (Å²) in [6.45, 7) is 19.0. The van der Waals surface area contributed by atoms with Crippen LogP contribution in [0.4, 0.5) is 9.59 Å². The predicted octanol–water partition coefficient (Wildman–Crippen LogP) is 6.55. The Labute approximate surface area is 287 Å². The molecule has 2 amide bonds. The molecule has 5 saturated carbocycles. The number of nitrogens with zero attached hydrogens (tertiary/aromatic N) is 1. The van der Waals surface area contributed by atoms with E-state index in [-0.39, 0.29) is 81.6 Å². The molecule has 48 heavy (non-hydrogen) atoms. The van der Waals surface area contributed by atoms with Gasteiger partial charge in [0.2, 0.25) is 0 Å². The lowest BCUT2D eigenvalue weighted by Gasteiger charge is -2.63. The first-order chi connectivity index (χ1) is 22.7. The fourth-order valence-corrected chi connectivity index (χ4v) is 14.0. The number of alkyl carbamates (subject to hydrolysis) is 1. The van der Waals surface area contributed by atoms with Crippen molar-refractivity contribution in [1.82, 2.24) is 10.2 Å². The van der Waals surface area contributed by atoms with Crippen LogP contribution in [0.2, 0.25) is 0 Å². The first-order valence-electron chi connectivity index (χ1n) is 19.5. The second-order valence-corrected chi connectivity index (χ2v) is 19.1. The Morgan fingerprint density at radius 3 is 2.38 bits per heavy atom. The van der Waals surface area contributed by atoms with Gasteiger partial charge in [-0.2, -0.15) is 0 Å². The van der Waals surface area contributed by atoms with Gasteiger partial charge in [-0.3, -0.25) is 0 Å². The third-order valence-corrected chi connectivity index (χ3v) is 16.6. The van der Waals surface area contributed by atoms with E-state index in [1.54, 1.807) is 4.90 Å². The minimum absolute atomic E-state index is 0.0203. The number of aliphatic hydroxyl groups excluding tert-OH is 1. The van der Waals surface area contributed by atoms with Crippen LogP contribution >= 0.6 is 0 Å². The van der Waals surface area contributed by atoms with Gasteiger partial charge in [-0.05, 0) is 110 Å². The molecular formula is C39H62N2O7. The number of ether oxygens (including phenoxy) is 4. The lowest BCUT2D eigenvalue weighted by Crippen LogP contribution is -2.60. The minimum Gasteiger partial charge on any atom is -0.446 e. The number of carbonyl (C=O) groups is 2. The molecule has 3 heterocycles. The normalized spacial score (nSPS) is 50.5. The molecule has 3 saturated heterocycles. The molecule has 0 aromatic carbocycles. The Balaban J connectivity index is 1.02. The first kappa shape index (κ1) is 33.6. The smallest absolute Gasteiger partial charge is 0.410 e. The van der Waals surface area contributed by atoms with E-state index in [0.29, 0.717) is 31.0 Å². The second-order valence-electron chi connectivity index (χ2n) is 19.1. The molecule has 2 N–H and O–H groups in total. The number of hydrogen-bond acceptors (Lipinski definition) is 7. The number of nitrogens with one attached hydrogen (secondary N) is 1. The van der Waals surface area contributed by atoms with Crippen molar-refractivity contribution in [1.29, 1.82) is 0 Å². The lowest BCUT2D eigenvalue weighted by molar-refractivity contribution is -0.185. The summed E-state index contributed by atoms with van der Waals surface area (Å²) in [5.41, 5.74) is 0.119. The summed E-state index contributed by atoms with van der Waals surface area (Å²) in [7, 11) is 0. The zero-order chi connectivity index (χ0) is 34.0. The van der Waals surface area contributed by atoms with E-state index in [1.165, 1.54) is 12.8 Å². The summed E-state index contributed by atoms with van der Waals surface area (Å²) in [5.74, 6) is 1.72. The van der Waals surface area contributed by atoms with Crippen LogP contribution in [-0.2, 0) is 18.9 Å². The van der Waals surface area contributed by atoms with Crippen molar-refractivity contribution in [3.63, 3.8) is 0 Å². The van der Waals surface area contributed by atoms with Crippen molar-refractivity contribution in [3.8, 4) is 0 Å². The first-order valence-corrected chi connectivity index (χ1v) is 19.5. The van der Waals surface area contributed by atoms with E-state index >= 15 is 0 Å². The van der Waals surface area contributed by atoms with Crippen LogP contribution < -0.4 is 5.32 Å². The third kappa shape index (κ3) is 4.43. The number of fused-ring (bicyclic) bond motifs is 4. The van der Waals surface area contributed by atoms with Crippen molar-refractivity contribution >= 4 is 12.2 Å². The van der Waals surface area contributed by atoms with Crippen LogP contribution in [0.25, 0.3) is 0 Å². The van der Waals surface area contributed by atoms with Crippen molar-refractivity contribution in [3.05, 3.63) is 0 Å². The molecule has 3 aliphatic heterocycles. The summed E-state index contributed by atoms with van der Waals surface area (Å²) in [4.78, 5) is 27.7. The van der Waals surface area contributed by atoms with Crippen molar-refractivity contribution in [2.75, 3.05) is 26.3 Å². The highest BCUT2D eigenvalue weighted by Gasteiger charge is 2.84. The van der Waals surface area contributed by atoms with Crippen LogP contribution in [0.1, 0.15) is 113 Å². The van der Waals surface area contributed by atoms with Crippen molar-refractivity contribution in [2.24, 2.45) is 56.7 Å². The number of rotatable bonds is 5. The monoisotopic (exact) mass is 670 g/mol. The van der Waals surface area contributed by atoms with Gasteiger partial charge in [0.15, 0.2) is 0 Å². The second kappa shape index (κ2) is 11.2. The van der Waals surface area contributed by atoms with Gasteiger partial charge in [0.05, 0.1) is 31.0 Å². The van der Waals surface area contributed by atoms with E-state index in [9.17, 15) is 14.7 Å². The van der Waals surface area contributed by atoms with Gasteiger partial charge < -0.3 is 34.3 Å². The highest BCUT2D eigenvalue weighted by atomic mass is 16.6.